The summed E-state index contributed by atoms with van der Waals surface area (Å²) >= 11 is 0. The van der Waals surface area contributed by atoms with Crippen LogP contribution in [0.15, 0.2) is 54.7 Å². The molecule has 2 N–H and O–H groups in total. The van der Waals surface area contributed by atoms with Gasteiger partial charge in [0, 0.05) is 48.5 Å². The number of H-pyrrole nitrogens is 1. The summed E-state index contributed by atoms with van der Waals surface area (Å²) in [5.41, 5.74) is 4.04. The van der Waals surface area contributed by atoms with Crippen LogP contribution in [0.2, 0.25) is 0 Å². The standard InChI is InChI=1S/C26H27FN6O2/c27-21-4-2-1-3-20(21)25-15-33-24(16-35-25)23(30-31-33)14-32-11-8-19(9-12-32)29-26(34)18-6-5-17-7-10-28-22(17)13-18/h1-7,10,13,19,25,28H,8-9,11-12,14-16H2,(H,29,34)/t25-/m0/s1. The minimum atomic E-state index is -0.365. The Morgan fingerprint density at radius 1 is 1.17 bits per heavy atom. The third-order valence-electron chi connectivity index (χ3n) is 7.04. The SMILES string of the molecule is O=C(NC1CCN(Cc2nnn3c2CO[C@H](c2ccccc2F)C3)CC1)c1ccc2cc[nH]c2c1. The lowest BCUT2D eigenvalue weighted by Crippen LogP contribution is -2.44. The quantitative estimate of drug-likeness (QED) is 0.462. The first-order valence-electron chi connectivity index (χ1n) is 12.0. The van der Waals surface area contributed by atoms with E-state index in [-0.39, 0.29) is 23.9 Å². The number of nitrogens with zero attached hydrogens (tertiary/aromatic N) is 4. The number of halogens is 1. The molecule has 4 aromatic rings. The molecule has 0 spiro atoms. The molecule has 2 aromatic carbocycles. The molecule has 1 saturated heterocycles. The van der Waals surface area contributed by atoms with Crippen LogP contribution in [0.3, 0.4) is 0 Å². The van der Waals surface area contributed by atoms with Crippen LogP contribution in [0.5, 0.6) is 0 Å². The van der Waals surface area contributed by atoms with Gasteiger partial charge in [-0.15, -0.1) is 5.10 Å². The Hall–Kier alpha value is -3.56. The van der Waals surface area contributed by atoms with Gasteiger partial charge in [0.25, 0.3) is 5.91 Å². The van der Waals surface area contributed by atoms with Crippen LogP contribution in [-0.2, 0) is 24.4 Å². The molecule has 1 atom stereocenters. The zero-order chi connectivity index (χ0) is 23.8. The Bertz CT molecular complexity index is 1360. The number of fused-ring (bicyclic) bond motifs is 2. The van der Waals surface area contributed by atoms with Gasteiger partial charge in [0.05, 0.1) is 18.8 Å². The second kappa shape index (κ2) is 9.24. The lowest BCUT2D eigenvalue weighted by Gasteiger charge is -2.32. The predicted molar refractivity (Wildman–Crippen MR) is 128 cm³/mol. The smallest absolute Gasteiger partial charge is 0.251 e. The van der Waals surface area contributed by atoms with Crippen molar-refractivity contribution < 1.29 is 13.9 Å². The zero-order valence-corrected chi connectivity index (χ0v) is 19.3. The highest BCUT2D eigenvalue weighted by Crippen LogP contribution is 2.29. The van der Waals surface area contributed by atoms with Gasteiger partial charge in [-0.3, -0.25) is 9.69 Å². The minimum absolute atomic E-state index is 0.0334. The maximum atomic E-state index is 14.2. The average Bonchev–Trinajstić information content (AvgIpc) is 3.51. The van der Waals surface area contributed by atoms with E-state index in [1.807, 2.05) is 41.2 Å². The predicted octanol–water partition coefficient (Wildman–Crippen LogP) is 3.56. The van der Waals surface area contributed by atoms with Gasteiger partial charge in [0.2, 0.25) is 0 Å². The van der Waals surface area contributed by atoms with Crippen molar-refractivity contribution in [2.75, 3.05) is 13.1 Å². The summed E-state index contributed by atoms with van der Waals surface area (Å²) in [6.07, 6.45) is 3.27. The van der Waals surface area contributed by atoms with Gasteiger partial charge in [0.1, 0.15) is 17.6 Å². The number of aromatic amines is 1. The van der Waals surface area contributed by atoms with Crippen LogP contribution in [0.1, 0.15) is 46.3 Å². The van der Waals surface area contributed by atoms with E-state index < -0.39 is 0 Å². The second-order valence-corrected chi connectivity index (χ2v) is 9.29. The maximum Gasteiger partial charge on any atom is 0.251 e. The number of hydrogen-bond donors (Lipinski definition) is 2. The van der Waals surface area contributed by atoms with E-state index in [4.69, 9.17) is 4.74 Å². The molecule has 0 unspecified atom stereocenters. The van der Waals surface area contributed by atoms with Crippen molar-refractivity contribution in [3.05, 3.63) is 83.1 Å². The number of carbonyl (C=O) groups is 1. The molecule has 2 aliphatic heterocycles. The van der Waals surface area contributed by atoms with Crippen molar-refractivity contribution in [1.82, 2.24) is 30.2 Å². The van der Waals surface area contributed by atoms with Crippen LogP contribution < -0.4 is 5.32 Å². The fraction of sp³-hybridized carbons (Fsp3) is 0.346. The van der Waals surface area contributed by atoms with E-state index >= 15 is 0 Å². The molecule has 4 heterocycles. The van der Waals surface area contributed by atoms with Gasteiger partial charge in [-0.1, -0.05) is 29.5 Å². The highest BCUT2D eigenvalue weighted by atomic mass is 19.1. The Labute approximate surface area is 202 Å². The van der Waals surface area contributed by atoms with Crippen LogP contribution in [0.25, 0.3) is 10.9 Å². The molecule has 0 saturated carbocycles. The molecule has 0 aliphatic carbocycles. The number of amides is 1. The molecule has 8 nitrogen and oxygen atoms in total. The summed E-state index contributed by atoms with van der Waals surface area (Å²) in [6.45, 7) is 3.23. The van der Waals surface area contributed by atoms with Crippen molar-refractivity contribution in [3.8, 4) is 0 Å². The van der Waals surface area contributed by atoms with E-state index in [2.05, 4.69) is 25.5 Å². The van der Waals surface area contributed by atoms with E-state index in [1.54, 1.807) is 12.1 Å². The molecular weight excluding hydrogens is 447 g/mol. The van der Waals surface area contributed by atoms with Crippen molar-refractivity contribution in [2.24, 2.45) is 0 Å². The van der Waals surface area contributed by atoms with Gasteiger partial charge < -0.3 is 15.0 Å². The number of nitrogens with one attached hydrogen (secondary N) is 2. The fourth-order valence-corrected chi connectivity index (χ4v) is 5.01. The molecular formula is C26H27FN6O2. The number of ether oxygens (including phenoxy) is 1. The lowest BCUT2D eigenvalue weighted by atomic mass is 10.0. The largest absolute Gasteiger partial charge is 0.365 e. The molecule has 35 heavy (non-hydrogen) atoms. The third-order valence-corrected chi connectivity index (χ3v) is 7.04. The molecule has 1 fully saturated rings. The maximum absolute atomic E-state index is 14.2. The first kappa shape index (κ1) is 21.9. The summed E-state index contributed by atoms with van der Waals surface area (Å²) < 4.78 is 22.0. The summed E-state index contributed by atoms with van der Waals surface area (Å²) in [7, 11) is 0. The van der Waals surface area contributed by atoms with Crippen LogP contribution in [0.4, 0.5) is 4.39 Å². The first-order chi connectivity index (χ1) is 17.1. The number of aromatic nitrogens is 4. The second-order valence-electron chi connectivity index (χ2n) is 9.29. The number of carbonyl (C=O) groups excluding carboxylic acids is 1. The fourth-order valence-electron chi connectivity index (χ4n) is 5.01. The van der Waals surface area contributed by atoms with Gasteiger partial charge in [0.15, 0.2) is 0 Å². The number of benzene rings is 2. The van der Waals surface area contributed by atoms with Gasteiger partial charge in [-0.2, -0.15) is 0 Å². The van der Waals surface area contributed by atoms with E-state index in [0.717, 1.165) is 48.2 Å². The Morgan fingerprint density at radius 2 is 2.03 bits per heavy atom. The highest BCUT2D eigenvalue weighted by molar-refractivity contribution is 5.98. The molecule has 0 bridgehead atoms. The summed E-state index contributed by atoms with van der Waals surface area (Å²) in [6, 6.07) is 14.6. The van der Waals surface area contributed by atoms with E-state index in [9.17, 15) is 9.18 Å². The molecule has 9 heteroatoms. The topological polar surface area (TPSA) is 88.1 Å². The number of piperidine rings is 1. The molecule has 2 aromatic heterocycles. The normalized spacial score (nSPS) is 19.1. The molecule has 0 radical (unpaired) electrons. The Balaban J connectivity index is 1.03. The van der Waals surface area contributed by atoms with Crippen LogP contribution in [0, 0.1) is 5.82 Å². The molecule has 180 valence electrons. The minimum Gasteiger partial charge on any atom is -0.365 e. The third kappa shape index (κ3) is 4.44. The first-order valence-corrected chi connectivity index (χ1v) is 12.0. The molecule has 6 rings (SSSR count). The zero-order valence-electron chi connectivity index (χ0n) is 19.3. The average molecular weight is 475 g/mol. The Kier molecular flexibility index (Phi) is 5.79. The van der Waals surface area contributed by atoms with Crippen LogP contribution >= 0.6 is 0 Å². The highest BCUT2D eigenvalue weighted by Gasteiger charge is 2.28. The Morgan fingerprint density at radius 3 is 2.89 bits per heavy atom. The monoisotopic (exact) mass is 474 g/mol. The van der Waals surface area contributed by atoms with Gasteiger partial charge >= 0.3 is 0 Å². The molecule has 2 aliphatic rings. The number of hydrogen-bond acceptors (Lipinski definition) is 5. The summed E-state index contributed by atoms with van der Waals surface area (Å²) in [4.78, 5) is 18.2. The number of likely N-dealkylation sites (tertiary alicyclic amines) is 1. The van der Waals surface area contributed by atoms with Crippen molar-refractivity contribution in [3.63, 3.8) is 0 Å². The van der Waals surface area contributed by atoms with Gasteiger partial charge in [-0.05, 0) is 42.5 Å². The van der Waals surface area contributed by atoms with Crippen LogP contribution in [-0.4, -0.2) is 49.9 Å². The van der Waals surface area contributed by atoms with E-state index in [0.29, 0.717) is 30.8 Å². The molecule has 1 amide bonds. The van der Waals surface area contributed by atoms with E-state index in [1.165, 1.54) is 6.07 Å². The van der Waals surface area contributed by atoms with Crippen molar-refractivity contribution in [1.29, 1.82) is 0 Å². The number of rotatable bonds is 5. The summed E-state index contributed by atoms with van der Waals surface area (Å²) in [5, 5.41) is 13.0. The van der Waals surface area contributed by atoms with Crippen molar-refractivity contribution in [2.45, 2.75) is 44.7 Å². The summed E-state index contributed by atoms with van der Waals surface area (Å²) in [5.74, 6) is -0.296. The van der Waals surface area contributed by atoms with Gasteiger partial charge in [-0.25, -0.2) is 9.07 Å². The lowest BCUT2D eigenvalue weighted by molar-refractivity contribution is -0.00414. The van der Waals surface area contributed by atoms with Crippen molar-refractivity contribution >= 4 is 16.8 Å².